The van der Waals surface area contributed by atoms with Gasteiger partial charge in [0.25, 0.3) is 0 Å². The molecule has 2 atom stereocenters. The van der Waals surface area contributed by atoms with Crippen molar-refractivity contribution in [2.24, 2.45) is 0 Å². The minimum atomic E-state index is -0.659. The van der Waals surface area contributed by atoms with E-state index in [4.69, 9.17) is 14.2 Å². The Hall–Kier alpha value is -2.64. The van der Waals surface area contributed by atoms with Gasteiger partial charge in [0, 0.05) is 6.54 Å². The summed E-state index contributed by atoms with van der Waals surface area (Å²) in [4.78, 5) is 26.5. The van der Waals surface area contributed by atoms with Crippen molar-refractivity contribution in [3.63, 3.8) is 0 Å². The lowest BCUT2D eigenvalue weighted by Gasteiger charge is -2.51. The van der Waals surface area contributed by atoms with Crippen molar-refractivity contribution >= 4 is 18.1 Å². The lowest BCUT2D eigenvalue weighted by atomic mass is 9.80. The molecule has 2 heterocycles. The lowest BCUT2D eigenvalue weighted by molar-refractivity contribution is -0.143. The molecule has 1 aromatic carbocycles. The number of piperidine rings is 1. The van der Waals surface area contributed by atoms with E-state index in [0.717, 1.165) is 44.8 Å². The average molecular weight is 455 g/mol. The SMILES string of the molecule is C=COC(=O)N1CCCC2(COCC(=O)N2)C1COC1CCC(c2ccccc2C=C)CC1. The van der Waals surface area contributed by atoms with Crippen LogP contribution >= 0.6 is 0 Å². The number of nitrogens with one attached hydrogen (secondary N) is 1. The summed E-state index contributed by atoms with van der Waals surface area (Å²) in [5.41, 5.74) is 1.90. The van der Waals surface area contributed by atoms with E-state index in [1.165, 1.54) is 11.1 Å². The minimum Gasteiger partial charge on any atom is -0.419 e. The predicted molar refractivity (Wildman–Crippen MR) is 126 cm³/mol. The molecular weight excluding hydrogens is 420 g/mol. The number of hydrogen-bond donors (Lipinski definition) is 1. The smallest absolute Gasteiger partial charge is 0.415 e. The third kappa shape index (κ3) is 5.14. The number of hydrogen-bond acceptors (Lipinski definition) is 5. The molecule has 3 aliphatic rings. The Morgan fingerprint density at radius 2 is 2.03 bits per heavy atom. The quantitative estimate of drug-likeness (QED) is 0.658. The van der Waals surface area contributed by atoms with Crippen LogP contribution in [0.1, 0.15) is 55.6 Å². The summed E-state index contributed by atoms with van der Waals surface area (Å²) >= 11 is 0. The maximum absolute atomic E-state index is 12.6. The van der Waals surface area contributed by atoms with Crippen LogP contribution < -0.4 is 5.32 Å². The normalized spacial score (nSPS) is 29.9. The Labute approximate surface area is 195 Å². The van der Waals surface area contributed by atoms with Gasteiger partial charge >= 0.3 is 6.09 Å². The van der Waals surface area contributed by atoms with Gasteiger partial charge in [-0.25, -0.2) is 4.79 Å². The van der Waals surface area contributed by atoms with Crippen LogP contribution in [0, 0.1) is 0 Å². The molecule has 33 heavy (non-hydrogen) atoms. The molecule has 4 rings (SSSR count). The molecule has 2 saturated heterocycles. The summed E-state index contributed by atoms with van der Waals surface area (Å²) in [6.07, 6.45) is 8.20. The molecule has 1 N–H and O–H groups in total. The molecule has 2 unspecified atom stereocenters. The van der Waals surface area contributed by atoms with Crippen LogP contribution in [0.2, 0.25) is 0 Å². The number of ether oxygens (including phenoxy) is 3. The van der Waals surface area contributed by atoms with Crippen LogP contribution in [0.5, 0.6) is 0 Å². The van der Waals surface area contributed by atoms with E-state index in [1.54, 1.807) is 4.90 Å². The van der Waals surface area contributed by atoms with E-state index in [1.807, 2.05) is 12.1 Å². The summed E-state index contributed by atoms with van der Waals surface area (Å²) in [6, 6.07) is 8.09. The number of likely N-dealkylation sites (tertiary alicyclic amines) is 1. The van der Waals surface area contributed by atoms with Crippen LogP contribution in [0.25, 0.3) is 6.08 Å². The third-order valence-corrected chi connectivity index (χ3v) is 7.26. The van der Waals surface area contributed by atoms with E-state index in [9.17, 15) is 9.59 Å². The fourth-order valence-electron chi connectivity index (χ4n) is 5.62. The van der Waals surface area contributed by atoms with Crippen LogP contribution in [0.3, 0.4) is 0 Å². The molecule has 1 spiro atoms. The zero-order chi connectivity index (χ0) is 23.3. The predicted octanol–water partition coefficient (Wildman–Crippen LogP) is 4.00. The Balaban J connectivity index is 1.42. The maximum atomic E-state index is 12.6. The monoisotopic (exact) mass is 454 g/mol. The van der Waals surface area contributed by atoms with Gasteiger partial charge in [0.15, 0.2) is 0 Å². The lowest BCUT2D eigenvalue weighted by Crippen LogP contribution is -2.71. The largest absolute Gasteiger partial charge is 0.419 e. The Morgan fingerprint density at radius 3 is 2.76 bits per heavy atom. The minimum absolute atomic E-state index is 0.0443. The maximum Gasteiger partial charge on any atom is 0.415 e. The van der Waals surface area contributed by atoms with Gasteiger partial charge in [0.2, 0.25) is 5.91 Å². The highest BCUT2D eigenvalue weighted by atomic mass is 16.5. The second-order valence-electron chi connectivity index (χ2n) is 9.20. The molecular formula is C26H34N2O5. The van der Waals surface area contributed by atoms with Crippen molar-refractivity contribution in [1.29, 1.82) is 0 Å². The van der Waals surface area contributed by atoms with Crippen molar-refractivity contribution in [2.45, 2.75) is 62.1 Å². The number of amides is 2. The molecule has 2 aliphatic heterocycles. The van der Waals surface area contributed by atoms with Crippen molar-refractivity contribution in [2.75, 3.05) is 26.4 Å². The zero-order valence-corrected chi connectivity index (χ0v) is 19.2. The molecule has 1 saturated carbocycles. The Kier molecular flexibility index (Phi) is 7.50. The first-order valence-electron chi connectivity index (χ1n) is 11.9. The summed E-state index contributed by atoms with van der Waals surface area (Å²) in [5, 5.41) is 3.11. The summed E-state index contributed by atoms with van der Waals surface area (Å²) in [7, 11) is 0. The molecule has 7 heteroatoms. The second kappa shape index (κ2) is 10.5. The van der Waals surface area contributed by atoms with Crippen LogP contribution in [0.4, 0.5) is 4.79 Å². The summed E-state index contributed by atoms with van der Waals surface area (Å²) in [5.74, 6) is 0.344. The van der Waals surface area contributed by atoms with Gasteiger partial charge in [0.1, 0.15) is 6.61 Å². The highest BCUT2D eigenvalue weighted by Crippen LogP contribution is 2.37. The van der Waals surface area contributed by atoms with E-state index in [-0.39, 0.29) is 24.7 Å². The molecule has 7 nitrogen and oxygen atoms in total. The van der Waals surface area contributed by atoms with E-state index in [0.29, 0.717) is 25.7 Å². The Morgan fingerprint density at radius 1 is 1.24 bits per heavy atom. The summed E-state index contributed by atoms with van der Waals surface area (Å²) < 4.78 is 17.1. The molecule has 0 bridgehead atoms. The van der Waals surface area contributed by atoms with Gasteiger partial charge in [-0.15, -0.1) is 0 Å². The van der Waals surface area contributed by atoms with Crippen LogP contribution in [-0.4, -0.2) is 61.0 Å². The molecule has 178 valence electrons. The highest BCUT2D eigenvalue weighted by molar-refractivity contribution is 5.79. The first-order chi connectivity index (χ1) is 16.1. The summed E-state index contributed by atoms with van der Waals surface area (Å²) in [6.45, 7) is 8.72. The number of nitrogens with zero attached hydrogens (tertiary/aromatic N) is 1. The van der Waals surface area contributed by atoms with Gasteiger partial charge in [-0.05, 0) is 55.6 Å². The molecule has 2 amide bonds. The number of carbonyl (C=O) groups excluding carboxylic acids is 2. The zero-order valence-electron chi connectivity index (χ0n) is 19.2. The standard InChI is InChI=1S/C26H34N2O5/c1-3-19-8-5-6-9-22(19)20-10-12-21(13-11-20)33-16-23-26(18-31-17-24(29)27-26)14-7-15-28(23)25(30)32-4-2/h3-6,8-9,20-21,23H,1-2,7,10-18H2,(H,27,29). The van der Waals surface area contributed by atoms with Gasteiger partial charge in [-0.3, -0.25) is 4.79 Å². The highest BCUT2D eigenvalue weighted by Gasteiger charge is 2.50. The fourth-order valence-corrected chi connectivity index (χ4v) is 5.62. The number of rotatable bonds is 6. The second-order valence-corrected chi connectivity index (χ2v) is 9.20. The van der Waals surface area contributed by atoms with Crippen molar-refractivity contribution in [3.8, 4) is 0 Å². The van der Waals surface area contributed by atoms with Gasteiger partial charge < -0.3 is 24.4 Å². The molecule has 3 fully saturated rings. The molecule has 0 radical (unpaired) electrons. The van der Waals surface area contributed by atoms with Crippen molar-refractivity contribution in [3.05, 3.63) is 54.8 Å². The van der Waals surface area contributed by atoms with Gasteiger partial charge in [-0.1, -0.05) is 43.5 Å². The van der Waals surface area contributed by atoms with Crippen molar-refractivity contribution in [1.82, 2.24) is 10.2 Å². The van der Waals surface area contributed by atoms with E-state index >= 15 is 0 Å². The number of benzene rings is 1. The Bertz CT molecular complexity index is 875. The average Bonchev–Trinajstić information content (AvgIpc) is 2.83. The number of carbonyl (C=O) groups is 2. The van der Waals surface area contributed by atoms with Gasteiger partial charge in [0.05, 0.1) is 37.2 Å². The van der Waals surface area contributed by atoms with Crippen LogP contribution in [-0.2, 0) is 19.0 Å². The van der Waals surface area contributed by atoms with E-state index in [2.05, 4.69) is 36.7 Å². The first-order valence-corrected chi connectivity index (χ1v) is 11.9. The first kappa shape index (κ1) is 23.5. The fraction of sp³-hybridized carbons (Fsp3) is 0.538. The molecule has 1 aliphatic carbocycles. The topological polar surface area (TPSA) is 77.1 Å². The van der Waals surface area contributed by atoms with Gasteiger partial charge in [-0.2, -0.15) is 0 Å². The number of morpholine rings is 1. The molecule has 1 aromatic rings. The van der Waals surface area contributed by atoms with Crippen LogP contribution in [0.15, 0.2) is 43.7 Å². The third-order valence-electron chi connectivity index (χ3n) is 7.26. The van der Waals surface area contributed by atoms with E-state index < -0.39 is 11.6 Å². The van der Waals surface area contributed by atoms with Crippen molar-refractivity contribution < 1.29 is 23.8 Å². The molecule has 0 aromatic heterocycles.